The number of benzene rings is 1. The summed E-state index contributed by atoms with van der Waals surface area (Å²) in [4.78, 5) is 34.9. The van der Waals surface area contributed by atoms with E-state index in [2.05, 4.69) is 16.0 Å². The number of hydrogen-bond acceptors (Lipinski definition) is 3. The highest BCUT2D eigenvalue weighted by Gasteiger charge is 2.17. The normalized spacial score (nSPS) is 11.6. The summed E-state index contributed by atoms with van der Waals surface area (Å²) in [6, 6.07) is 5.08. The van der Waals surface area contributed by atoms with Crippen molar-refractivity contribution in [2.45, 2.75) is 26.8 Å². The summed E-state index contributed by atoms with van der Waals surface area (Å²) in [6.07, 6.45) is 0. The predicted octanol–water partition coefficient (Wildman–Crippen LogP) is 1.07. The first kappa shape index (κ1) is 17.5. The SMILES string of the molecule is CC(C)CNC(=O)c1ccccc1NC(=O)C(C)NC(N)=O. The van der Waals surface area contributed by atoms with Crippen LogP contribution in [0.5, 0.6) is 0 Å². The van der Waals surface area contributed by atoms with Gasteiger partial charge in [-0.05, 0) is 25.0 Å². The van der Waals surface area contributed by atoms with Crippen LogP contribution in [-0.2, 0) is 4.79 Å². The fourth-order valence-electron chi connectivity index (χ4n) is 1.70. The highest BCUT2D eigenvalue weighted by Crippen LogP contribution is 2.15. The van der Waals surface area contributed by atoms with Crippen molar-refractivity contribution in [3.05, 3.63) is 29.8 Å². The molecule has 5 N–H and O–H groups in total. The van der Waals surface area contributed by atoms with E-state index in [1.54, 1.807) is 24.3 Å². The van der Waals surface area contributed by atoms with Crippen LogP contribution in [-0.4, -0.2) is 30.4 Å². The largest absolute Gasteiger partial charge is 0.352 e. The maximum atomic E-state index is 12.1. The van der Waals surface area contributed by atoms with Gasteiger partial charge in [0.25, 0.3) is 5.91 Å². The molecule has 0 fully saturated rings. The molecule has 1 atom stereocenters. The van der Waals surface area contributed by atoms with Gasteiger partial charge in [0.1, 0.15) is 6.04 Å². The molecule has 1 aromatic carbocycles. The summed E-state index contributed by atoms with van der Waals surface area (Å²) in [7, 11) is 0. The minimum Gasteiger partial charge on any atom is -0.352 e. The number of para-hydroxylation sites is 1. The van der Waals surface area contributed by atoms with Crippen molar-refractivity contribution in [1.82, 2.24) is 10.6 Å². The standard InChI is InChI=1S/C15H22N4O3/c1-9(2)8-17-14(21)11-6-4-5-7-12(11)19-13(20)10(3)18-15(16)22/h4-7,9-10H,8H2,1-3H3,(H,17,21)(H,19,20)(H3,16,18,22). The van der Waals surface area contributed by atoms with E-state index in [0.29, 0.717) is 23.7 Å². The molecule has 0 aromatic heterocycles. The fourth-order valence-corrected chi connectivity index (χ4v) is 1.70. The van der Waals surface area contributed by atoms with E-state index in [9.17, 15) is 14.4 Å². The van der Waals surface area contributed by atoms with Gasteiger partial charge >= 0.3 is 6.03 Å². The van der Waals surface area contributed by atoms with E-state index in [0.717, 1.165) is 0 Å². The van der Waals surface area contributed by atoms with Crippen molar-refractivity contribution in [3.8, 4) is 0 Å². The summed E-state index contributed by atoms with van der Waals surface area (Å²) in [5.41, 5.74) is 5.72. The Kier molecular flexibility index (Phi) is 6.37. The van der Waals surface area contributed by atoms with E-state index >= 15 is 0 Å². The lowest BCUT2D eigenvalue weighted by molar-refractivity contribution is -0.117. The number of anilines is 1. The van der Waals surface area contributed by atoms with Crippen LogP contribution in [0.1, 0.15) is 31.1 Å². The lowest BCUT2D eigenvalue weighted by Crippen LogP contribution is -2.44. The summed E-state index contributed by atoms with van der Waals surface area (Å²) >= 11 is 0. The Labute approximate surface area is 129 Å². The smallest absolute Gasteiger partial charge is 0.312 e. The van der Waals surface area contributed by atoms with Gasteiger partial charge in [0.2, 0.25) is 5.91 Å². The van der Waals surface area contributed by atoms with Crippen molar-refractivity contribution in [2.24, 2.45) is 11.7 Å². The van der Waals surface area contributed by atoms with Gasteiger partial charge in [0.15, 0.2) is 0 Å². The Bertz CT molecular complexity index is 557. The first-order valence-electron chi connectivity index (χ1n) is 7.05. The molecule has 0 spiro atoms. The second-order valence-electron chi connectivity index (χ2n) is 5.37. The molecule has 120 valence electrons. The quantitative estimate of drug-likeness (QED) is 0.630. The van der Waals surface area contributed by atoms with Crippen LogP contribution < -0.4 is 21.7 Å². The number of carbonyl (C=O) groups excluding carboxylic acids is 3. The van der Waals surface area contributed by atoms with Crippen LogP contribution in [0.3, 0.4) is 0 Å². The molecule has 0 aliphatic rings. The number of nitrogens with two attached hydrogens (primary N) is 1. The zero-order valence-electron chi connectivity index (χ0n) is 13.0. The van der Waals surface area contributed by atoms with E-state index in [-0.39, 0.29) is 5.91 Å². The van der Waals surface area contributed by atoms with Crippen LogP contribution in [0.15, 0.2) is 24.3 Å². The molecule has 0 aliphatic carbocycles. The third-order valence-corrected chi connectivity index (χ3v) is 2.85. The number of hydrogen-bond donors (Lipinski definition) is 4. The van der Waals surface area contributed by atoms with Crippen molar-refractivity contribution in [3.63, 3.8) is 0 Å². The Balaban J connectivity index is 2.81. The van der Waals surface area contributed by atoms with Crippen molar-refractivity contribution in [1.29, 1.82) is 0 Å². The van der Waals surface area contributed by atoms with Crippen LogP contribution in [0, 0.1) is 5.92 Å². The van der Waals surface area contributed by atoms with E-state index < -0.39 is 18.0 Å². The zero-order chi connectivity index (χ0) is 16.7. The molecular weight excluding hydrogens is 284 g/mol. The van der Waals surface area contributed by atoms with Crippen LogP contribution >= 0.6 is 0 Å². The van der Waals surface area contributed by atoms with Crippen molar-refractivity contribution < 1.29 is 14.4 Å². The molecule has 0 saturated carbocycles. The molecule has 4 amide bonds. The third kappa shape index (κ3) is 5.43. The van der Waals surface area contributed by atoms with Crippen molar-refractivity contribution >= 4 is 23.5 Å². The second-order valence-corrected chi connectivity index (χ2v) is 5.37. The Morgan fingerprint density at radius 3 is 2.36 bits per heavy atom. The molecule has 0 heterocycles. The average molecular weight is 306 g/mol. The molecular formula is C15H22N4O3. The Hall–Kier alpha value is -2.57. The molecule has 7 heteroatoms. The van der Waals surface area contributed by atoms with Gasteiger partial charge < -0.3 is 21.7 Å². The number of rotatable bonds is 6. The lowest BCUT2D eigenvalue weighted by Gasteiger charge is -2.15. The summed E-state index contributed by atoms with van der Waals surface area (Å²) in [6.45, 7) is 6.03. The minimum absolute atomic E-state index is 0.264. The molecule has 22 heavy (non-hydrogen) atoms. The van der Waals surface area contributed by atoms with Crippen LogP contribution in [0.2, 0.25) is 0 Å². The molecule has 1 rings (SSSR count). The molecule has 0 saturated heterocycles. The molecule has 0 radical (unpaired) electrons. The first-order valence-corrected chi connectivity index (χ1v) is 7.05. The second kappa shape index (κ2) is 8.02. The summed E-state index contributed by atoms with van der Waals surface area (Å²) < 4.78 is 0. The van der Waals surface area contributed by atoms with Gasteiger partial charge in [-0.2, -0.15) is 0 Å². The number of nitrogens with one attached hydrogen (secondary N) is 3. The molecule has 7 nitrogen and oxygen atoms in total. The Morgan fingerprint density at radius 2 is 1.77 bits per heavy atom. The molecule has 1 aromatic rings. The van der Waals surface area contributed by atoms with Crippen LogP contribution in [0.4, 0.5) is 10.5 Å². The molecule has 0 aliphatic heterocycles. The highest BCUT2D eigenvalue weighted by atomic mass is 16.2. The van der Waals surface area contributed by atoms with Gasteiger partial charge in [-0.3, -0.25) is 9.59 Å². The first-order chi connectivity index (χ1) is 10.3. The Morgan fingerprint density at radius 1 is 1.14 bits per heavy atom. The third-order valence-electron chi connectivity index (χ3n) is 2.85. The number of carbonyl (C=O) groups is 3. The topological polar surface area (TPSA) is 113 Å². The fraction of sp³-hybridized carbons (Fsp3) is 0.400. The van der Waals surface area contributed by atoms with Gasteiger partial charge in [-0.1, -0.05) is 26.0 Å². The highest BCUT2D eigenvalue weighted by molar-refractivity contribution is 6.05. The van der Waals surface area contributed by atoms with Crippen molar-refractivity contribution in [2.75, 3.05) is 11.9 Å². The molecule has 1 unspecified atom stereocenters. The average Bonchev–Trinajstić information content (AvgIpc) is 2.44. The van der Waals surface area contributed by atoms with Gasteiger partial charge in [-0.25, -0.2) is 4.79 Å². The zero-order valence-corrected chi connectivity index (χ0v) is 13.0. The van der Waals surface area contributed by atoms with E-state index in [1.807, 2.05) is 13.8 Å². The van der Waals surface area contributed by atoms with Gasteiger partial charge in [0.05, 0.1) is 11.3 Å². The summed E-state index contributed by atoms with van der Waals surface area (Å²) in [5.74, 6) is -0.395. The van der Waals surface area contributed by atoms with Crippen LogP contribution in [0.25, 0.3) is 0 Å². The number of primary amides is 1. The maximum Gasteiger partial charge on any atom is 0.312 e. The number of urea groups is 1. The monoisotopic (exact) mass is 306 g/mol. The number of amides is 4. The summed E-state index contributed by atoms with van der Waals surface area (Å²) in [5, 5.41) is 7.69. The minimum atomic E-state index is -0.802. The predicted molar refractivity (Wildman–Crippen MR) is 84.4 cm³/mol. The van der Waals surface area contributed by atoms with E-state index in [4.69, 9.17) is 5.73 Å². The maximum absolute atomic E-state index is 12.1. The van der Waals surface area contributed by atoms with Gasteiger partial charge in [0, 0.05) is 6.54 Å². The lowest BCUT2D eigenvalue weighted by atomic mass is 10.1. The van der Waals surface area contributed by atoms with Gasteiger partial charge in [-0.15, -0.1) is 0 Å². The van der Waals surface area contributed by atoms with E-state index in [1.165, 1.54) is 6.92 Å². The molecule has 0 bridgehead atoms.